The number of likely N-dealkylation sites (tertiary alicyclic amines) is 1. The molecular formula is C21H26N2O3. The molecule has 0 saturated carbocycles. The zero-order chi connectivity index (χ0) is 18.8. The molecule has 0 radical (unpaired) electrons. The van der Waals surface area contributed by atoms with E-state index < -0.39 is 6.10 Å². The second kappa shape index (κ2) is 7.46. The zero-order valence-corrected chi connectivity index (χ0v) is 15.6. The molecule has 1 aromatic heterocycles. The van der Waals surface area contributed by atoms with E-state index in [0.29, 0.717) is 24.3 Å². The Balaban J connectivity index is 1.68. The number of amides is 1. The van der Waals surface area contributed by atoms with Crippen LogP contribution in [0.25, 0.3) is 0 Å². The van der Waals surface area contributed by atoms with Gasteiger partial charge in [0, 0.05) is 24.3 Å². The molecule has 1 atom stereocenters. The Bertz CT molecular complexity index is 802. The van der Waals surface area contributed by atoms with E-state index in [9.17, 15) is 14.7 Å². The normalized spacial score (nSPS) is 16.5. The molecule has 0 unspecified atom stereocenters. The van der Waals surface area contributed by atoms with E-state index in [2.05, 4.69) is 4.98 Å². The number of hydrogen-bond donors (Lipinski definition) is 2. The lowest BCUT2D eigenvalue weighted by Gasteiger charge is -2.34. The number of aryl methyl sites for hydroxylation is 1. The number of aliphatic hydroxyl groups is 1. The van der Waals surface area contributed by atoms with Crippen molar-refractivity contribution in [1.82, 2.24) is 9.88 Å². The largest absolute Gasteiger partial charge is 0.388 e. The lowest BCUT2D eigenvalue weighted by atomic mass is 9.87. The van der Waals surface area contributed by atoms with Crippen LogP contribution in [0.2, 0.25) is 0 Å². The van der Waals surface area contributed by atoms with E-state index in [0.717, 1.165) is 29.7 Å². The number of ketones is 1. The molecule has 5 nitrogen and oxygen atoms in total. The van der Waals surface area contributed by atoms with Crippen LogP contribution in [0.3, 0.4) is 0 Å². The molecule has 138 valence electrons. The second-order valence-electron chi connectivity index (χ2n) is 7.17. The number of aromatic nitrogens is 1. The number of nitrogens with one attached hydrogen (secondary N) is 1. The number of carbonyl (C=O) groups is 2. The summed E-state index contributed by atoms with van der Waals surface area (Å²) >= 11 is 0. The van der Waals surface area contributed by atoms with Gasteiger partial charge in [0.2, 0.25) is 0 Å². The second-order valence-corrected chi connectivity index (χ2v) is 7.17. The van der Waals surface area contributed by atoms with Crippen LogP contribution in [0.5, 0.6) is 0 Å². The van der Waals surface area contributed by atoms with Crippen molar-refractivity contribution in [3.05, 3.63) is 58.4 Å². The van der Waals surface area contributed by atoms with Crippen LogP contribution in [-0.4, -0.2) is 39.8 Å². The first-order valence-electron chi connectivity index (χ1n) is 9.12. The van der Waals surface area contributed by atoms with E-state index in [1.54, 1.807) is 0 Å². The Kier molecular flexibility index (Phi) is 5.28. The minimum absolute atomic E-state index is 0.0278. The van der Waals surface area contributed by atoms with Crippen LogP contribution in [0, 0.1) is 19.8 Å². The smallest absolute Gasteiger partial charge is 0.270 e. The molecule has 1 aromatic carbocycles. The fourth-order valence-electron chi connectivity index (χ4n) is 3.99. The van der Waals surface area contributed by atoms with Crippen molar-refractivity contribution in [3.8, 4) is 0 Å². The predicted molar refractivity (Wildman–Crippen MR) is 100 cm³/mol. The third-order valence-electron chi connectivity index (χ3n) is 5.42. The molecule has 1 aliphatic heterocycles. The topological polar surface area (TPSA) is 73.4 Å². The average Bonchev–Trinajstić information content (AvgIpc) is 2.95. The summed E-state index contributed by atoms with van der Waals surface area (Å²) in [4.78, 5) is 29.6. The number of aromatic amines is 1. The molecule has 1 saturated heterocycles. The predicted octanol–water partition coefficient (Wildman–Crippen LogP) is 3.42. The molecular weight excluding hydrogens is 328 g/mol. The van der Waals surface area contributed by atoms with Gasteiger partial charge >= 0.3 is 0 Å². The van der Waals surface area contributed by atoms with Crippen molar-refractivity contribution in [2.75, 3.05) is 13.1 Å². The summed E-state index contributed by atoms with van der Waals surface area (Å²) in [5.41, 5.74) is 3.52. The monoisotopic (exact) mass is 354 g/mol. The molecule has 1 fully saturated rings. The van der Waals surface area contributed by atoms with Crippen molar-refractivity contribution in [2.24, 2.45) is 5.92 Å². The summed E-state index contributed by atoms with van der Waals surface area (Å²) in [5, 5.41) is 10.6. The number of carbonyl (C=O) groups excluding carboxylic acids is 2. The van der Waals surface area contributed by atoms with Crippen LogP contribution in [0.1, 0.15) is 63.5 Å². The lowest BCUT2D eigenvalue weighted by molar-refractivity contribution is 0.0458. The van der Waals surface area contributed by atoms with Gasteiger partial charge in [-0.3, -0.25) is 9.59 Å². The van der Waals surface area contributed by atoms with Crippen molar-refractivity contribution < 1.29 is 14.7 Å². The van der Waals surface area contributed by atoms with Crippen LogP contribution < -0.4 is 0 Å². The number of H-pyrrole nitrogens is 1. The van der Waals surface area contributed by atoms with Gasteiger partial charge in [0.25, 0.3) is 5.91 Å². The van der Waals surface area contributed by atoms with Crippen molar-refractivity contribution in [3.63, 3.8) is 0 Å². The maximum absolute atomic E-state index is 12.9. The number of Topliss-reactive ketones (excluding diaryl/α,β-unsaturated/α-hetero) is 1. The fourth-order valence-corrected chi connectivity index (χ4v) is 3.99. The van der Waals surface area contributed by atoms with Gasteiger partial charge in [0.05, 0.1) is 6.10 Å². The number of aliphatic hydroxyl groups excluding tert-OH is 1. The first kappa shape index (κ1) is 18.4. The van der Waals surface area contributed by atoms with E-state index in [1.165, 1.54) is 6.92 Å². The third kappa shape index (κ3) is 3.44. The van der Waals surface area contributed by atoms with Gasteiger partial charge in [-0.15, -0.1) is 0 Å². The minimum atomic E-state index is -0.493. The Hall–Kier alpha value is -2.40. The standard InChI is InChI=1S/C21H26N2O3/c1-13-18(15(3)24)14(2)22-19(13)21(26)23-11-9-17(10-12-23)20(25)16-7-5-4-6-8-16/h4-8,17,20,22,25H,9-12H2,1-3H3/t20-/m1/s1. The third-order valence-corrected chi connectivity index (χ3v) is 5.42. The molecule has 2 aromatic rings. The van der Waals surface area contributed by atoms with Gasteiger partial charge in [0.15, 0.2) is 5.78 Å². The highest BCUT2D eigenvalue weighted by Gasteiger charge is 2.30. The van der Waals surface area contributed by atoms with Crippen LogP contribution >= 0.6 is 0 Å². The fraction of sp³-hybridized carbons (Fsp3) is 0.429. The van der Waals surface area contributed by atoms with Gasteiger partial charge in [0.1, 0.15) is 5.69 Å². The van der Waals surface area contributed by atoms with Crippen molar-refractivity contribution in [1.29, 1.82) is 0 Å². The minimum Gasteiger partial charge on any atom is -0.388 e. The molecule has 2 N–H and O–H groups in total. The lowest BCUT2D eigenvalue weighted by Crippen LogP contribution is -2.40. The SMILES string of the molecule is CC(=O)c1c(C)[nH]c(C(=O)N2CCC([C@H](O)c3ccccc3)CC2)c1C. The molecule has 1 amide bonds. The summed E-state index contributed by atoms with van der Waals surface area (Å²) in [7, 11) is 0. The molecule has 0 bridgehead atoms. The molecule has 3 rings (SSSR count). The number of hydrogen-bond acceptors (Lipinski definition) is 3. The number of rotatable bonds is 4. The van der Waals surface area contributed by atoms with E-state index in [1.807, 2.05) is 49.1 Å². The highest BCUT2D eigenvalue weighted by molar-refractivity contribution is 6.02. The number of benzene rings is 1. The summed E-state index contributed by atoms with van der Waals surface area (Å²) in [6.07, 6.45) is 1.03. The van der Waals surface area contributed by atoms with Gasteiger partial charge in [-0.1, -0.05) is 30.3 Å². The van der Waals surface area contributed by atoms with E-state index in [4.69, 9.17) is 0 Å². The first-order valence-corrected chi connectivity index (χ1v) is 9.12. The number of nitrogens with zero attached hydrogens (tertiary/aromatic N) is 1. The Labute approximate surface area is 154 Å². The maximum atomic E-state index is 12.9. The van der Waals surface area contributed by atoms with Gasteiger partial charge in [-0.05, 0) is 50.7 Å². The summed E-state index contributed by atoms with van der Waals surface area (Å²) in [6.45, 7) is 6.39. The molecule has 2 heterocycles. The number of piperidine rings is 1. The summed E-state index contributed by atoms with van der Waals surface area (Å²) in [5.74, 6) is 0.0615. The van der Waals surface area contributed by atoms with Crippen LogP contribution in [0.15, 0.2) is 30.3 Å². The van der Waals surface area contributed by atoms with Crippen LogP contribution in [0.4, 0.5) is 0 Å². The highest BCUT2D eigenvalue weighted by atomic mass is 16.3. The first-order chi connectivity index (χ1) is 12.4. The molecule has 5 heteroatoms. The summed E-state index contributed by atoms with van der Waals surface area (Å²) in [6, 6.07) is 9.68. The molecule has 26 heavy (non-hydrogen) atoms. The molecule has 0 spiro atoms. The van der Waals surface area contributed by atoms with Gasteiger partial charge < -0.3 is 15.0 Å². The van der Waals surface area contributed by atoms with Gasteiger partial charge in [-0.25, -0.2) is 0 Å². The maximum Gasteiger partial charge on any atom is 0.270 e. The zero-order valence-electron chi connectivity index (χ0n) is 15.6. The van der Waals surface area contributed by atoms with E-state index >= 15 is 0 Å². The Morgan fingerprint density at radius 2 is 1.77 bits per heavy atom. The van der Waals surface area contributed by atoms with E-state index in [-0.39, 0.29) is 17.6 Å². The highest BCUT2D eigenvalue weighted by Crippen LogP contribution is 2.31. The quantitative estimate of drug-likeness (QED) is 0.826. The molecule has 0 aliphatic carbocycles. The molecule has 1 aliphatic rings. The van der Waals surface area contributed by atoms with Crippen molar-refractivity contribution >= 4 is 11.7 Å². The van der Waals surface area contributed by atoms with Crippen molar-refractivity contribution in [2.45, 2.75) is 39.7 Å². The Morgan fingerprint density at radius 3 is 2.31 bits per heavy atom. The summed E-state index contributed by atoms with van der Waals surface area (Å²) < 4.78 is 0. The van der Waals surface area contributed by atoms with Gasteiger partial charge in [-0.2, -0.15) is 0 Å². The van der Waals surface area contributed by atoms with Crippen LogP contribution in [-0.2, 0) is 0 Å². The Morgan fingerprint density at radius 1 is 1.15 bits per heavy atom. The average molecular weight is 354 g/mol.